The number of nitrogens with one attached hydrogen (secondary N) is 2. The number of anilines is 3. The molecule has 236 valence electrons. The van der Waals surface area contributed by atoms with E-state index in [4.69, 9.17) is 34.7 Å². The van der Waals surface area contributed by atoms with Crippen LogP contribution in [-0.4, -0.2) is 50.3 Å². The summed E-state index contributed by atoms with van der Waals surface area (Å²) in [5.74, 6) is 1.02. The van der Waals surface area contributed by atoms with Crippen molar-refractivity contribution in [2.24, 2.45) is 5.41 Å². The molecule has 1 spiro atoms. The predicted octanol–water partition coefficient (Wildman–Crippen LogP) is 5.11. The zero-order valence-electron chi connectivity index (χ0n) is 25.2. The van der Waals surface area contributed by atoms with Crippen molar-refractivity contribution in [1.29, 1.82) is 0 Å². The fourth-order valence-corrected chi connectivity index (χ4v) is 8.12. The highest BCUT2D eigenvalue weighted by Gasteiger charge is 2.50. The van der Waals surface area contributed by atoms with Gasteiger partial charge in [0.25, 0.3) is 0 Å². The van der Waals surface area contributed by atoms with Crippen molar-refractivity contribution in [3.63, 3.8) is 0 Å². The normalized spacial score (nSPS) is 18.3. The Labute approximate surface area is 275 Å². The van der Waals surface area contributed by atoms with Gasteiger partial charge in [0, 0.05) is 54.4 Å². The molecule has 3 aromatic rings. The van der Waals surface area contributed by atoms with Crippen LogP contribution >= 0.6 is 35.0 Å². The first-order valence-electron chi connectivity index (χ1n) is 14.5. The fourth-order valence-electron chi connectivity index (χ4n) is 5.83. The van der Waals surface area contributed by atoms with Gasteiger partial charge in [-0.2, -0.15) is 0 Å². The number of hydrogen-bond acceptors (Lipinski definition) is 10. The van der Waals surface area contributed by atoms with Crippen LogP contribution in [0.5, 0.6) is 0 Å². The van der Waals surface area contributed by atoms with Crippen LogP contribution in [0.4, 0.5) is 17.5 Å². The fraction of sp³-hybridized carbons (Fsp3) is 0.467. The highest BCUT2D eigenvalue weighted by Crippen LogP contribution is 2.53. The number of aryl methyl sites for hydroxylation is 1. The number of carbonyl (C=O) groups excluding carboxylic acids is 1. The van der Waals surface area contributed by atoms with E-state index < -0.39 is 16.1 Å². The molecule has 0 radical (unpaired) electrons. The van der Waals surface area contributed by atoms with Crippen LogP contribution in [0.25, 0.3) is 0 Å². The topological polar surface area (TPSA) is 158 Å². The molecule has 2 aliphatic rings. The number of fused-ring (bicyclic) bond motifs is 1. The van der Waals surface area contributed by atoms with Crippen molar-refractivity contribution in [3.05, 3.63) is 57.3 Å². The molecule has 1 unspecified atom stereocenters. The van der Waals surface area contributed by atoms with Crippen molar-refractivity contribution in [1.82, 2.24) is 25.0 Å². The van der Waals surface area contributed by atoms with Gasteiger partial charge in [0.2, 0.25) is 5.91 Å². The Morgan fingerprint density at radius 3 is 2.59 bits per heavy atom. The number of hydrogen-bond donors (Lipinski definition) is 4. The van der Waals surface area contributed by atoms with Gasteiger partial charge in [-0.3, -0.25) is 4.79 Å². The van der Waals surface area contributed by atoms with Gasteiger partial charge in [-0.05, 0) is 69.2 Å². The first-order chi connectivity index (χ1) is 20.8. The molecular weight excluding hydrogens is 639 g/mol. The summed E-state index contributed by atoms with van der Waals surface area (Å²) in [7, 11) is 1.65. The molecule has 5 rings (SSSR count). The number of benzene rings is 1. The van der Waals surface area contributed by atoms with E-state index in [9.17, 15) is 9.35 Å². The minimum Gasteiger partial charge on any atom is -0.598 e. The molecule has 1 aliphatic carbocycles. The lowest BCUT2D eigenvalue weighted by atomic mass is 9.73. The lowest BCUT2D eigenvalue weighted by molar-refractivity contribution is -0.120. The van der Waals surface area contributed by atoms with Gasteiger partial charge >= 0.3 is 0 Å². The first kappa shape index (κ1) is 32.9. The second-order valence-electron chi connectivity index (χ2n) is 12.3. The molecule has 1 aliphatic heterocycles. The Balaban J connectivity index is 1.36. The molecule has 1 fully saturated rings. The predicted molar refractivity (Wildman–Crippen MR) is 179 cm³/mol. The van der Waals surface area contributed by atoms with Crippen molar-refractivity contribution >= 4 is 69.7 Å². The molecule has 44 heavy (non-hydrogen) atoms. The van der Waals surface area contributed by atoms with E-state index in [1.807, 2.05) is 20.8 Å². The maximum Gasteiger partial charge on any atom is 0.220 e. The van der Waals surface area contributed by atoms with E-state index in [1.165, 1.54) is 22.9 Å². The number of nitrogen functional groups attached to an aromatic ring is 2. The smallest absolute Gasteiger partial charge is 0.220 e. The lowest BCUT2D eigenvalue weighted by Gasteiger charge is -2.44. The molecule has 0 bridgehead atoms. The summed E-state index contributed by atoms with van der Waals surface area (Å²) in [6.45, 7) is 7.30. The van der Waals surface area contributed by atoms with Crippen LogP contribution in [0.15, 0.2) is 40.4 Å². The molecule has 14 heteroatoms. The summed E-state index contributed by atoms with van der Waals surface area (Å²) >= 11 is 13.0. The van der Waals surface area contributed by atoms with Crippen LogP contribution < -0.4 is 26.4 Å². The van der Waals surface area contributed by atoms with E-state index in [-0.39, 0.29) is 34.2 Å². The third-order valence-electron chi connectivity index (χ3n) is 8.35. The molecule has 3 heterocycles. The molecule has 2 atom stereocenters. The van der Waals surface area contributed by atoms with Crippen LogP contribution in [-0.2, 0) is 29.0 Å². The molecule has 10 nitrogen and oxygen atoms in total. The van der Waals surface area contributed by atoms with Gasteiger partial charge < -0.3 is 26.2 Å². The Bertz CT molecular complexity index is 1550. The zero-order valence-corrected chi connectivity index (χ0v) is 28.4. The Kier molecular flexibility index (Phi) is 9.79. The highest BCUT2D eigenvalue weighted by atomic mass is 35.5. The van der Waals surface area contributed by atoms with Gasteiger partial charge in [0.1, 0.15) is 15.6 Å². The third kappa shape index (κ3) is 6.85. The minimum atomic E-state index is -1.27. The average Bonchev–Trinajstić information content (AvgIpc) is 3.27. The van der Waals surface area contributed by atoms with Gasteiger partial charge in [-0.15, -0.1) is 4.72 Å². The number of halogens is 2. The molecule has 6 N–H and O–H groups in total. The van der Waals surface area contributed by atoms with Crippen LogP contribution in [0.1, 0.15) is 62.8 Å². The second kappa shape index (κ2) is 13.1. The van der Waals surface area contributed by atoms with E-state index in [2.05, 4.69) is 48.1 Å². The van der Waals surface area contributed by atoms with Crippen LogP contribution in [0, 0.1) is 5.41 Å². The van der Waals surface area contributed by atoms with Crippen molar-refractivity contribution < 1.29 is 9.35 Å². The summed E-state index contributed by atoms with van der Waals surface area (Å²) in [4.78, 5) is 27.9. The van der Waals surface area contributed by atoms with Gasteiger partial charge in [-0.1, -0.05) is 53.2 Å². The minimum absolute atomic E-state index is 0.0118. The molecule has 1 aromatic carbocycles. The number of nitrogens with two attached hydrogens (primary N) is 2. The summed E-state index contributed by atoms with van der Waals surface area (Å²) < 4.78 is 16.5. The number of piperidine rings is 1. The summed E-state index contributed by atoms with van der Waals surface area (Å²) in [5, 5.41) is 3.71. The van der Waals surface area contributed by atoms with E-state index in [0.717, 1.165) is 24.8 Å². The number of rotatable bonds is 8. The van der Waals surface area contributed by atoms with Crippen molar-refractivity contribution in [2.75, 3.05) is 36.5 Å². The number of carbonyl (C=O) groups is 1. The number of pyridine rings is 1. The van der Waals surface area contributed by atoms with Gasteiger partial charge in [-0.25, -0.2) is 15.0 Å². The summed E-state index contributed by atoms with van der Waals surface area (Å²) in [6, 6.07) is 8.12. The van der Waals surface area contributed by atoms with Crippen LogP contribution in [0.3, 0.4) is 0 Å². The highest BCUT2D eigenvalue weighted by molar-refractivity contribution is 7.99. The first-order valence-corrected chi connectivity index (χ1v) is 17.2. The maximum absolute atomic E-state index is 13.4. The van der Waals surface area contributed by atoms with Gasteiger partial charge in [0.05, 0.1) is 11.1 Å². The molecule has 0 saturated carbocycles. The third-order valence-corrected chi connectivity index (χ3v) is 11.7. The quantitative estimate of drug-likeness (QED) is 0.236. The van der Waals surface area contributed by atoms with E-state index in [1.54, 1.807) is 19.3 Å². The monoisotopic (exact) mass is 676 g/mol. The maximum atomic E-state index is 13.4. The van der Waals surface area contributed by atoms with E-state index >= 15 is 0 Å². The van der Waals surface area contributed by atoms with E-state index in [0.29, 0.717) is 46.7 Å². The van der Waals surface area contributed by atoms with Crippen molar-refractivity contribution in [3.8, 4) is 0 Å². The largest absolute Gasteiger partial charge is 0.598 e. The molecule has 1 saturated heterocycles. The van der Waals surface area contributed by atoms with Crippen LogP contribution in [0.2, 0.25) is 10.2 Å². The molecular formula is C30H38Cl2N8O2S2. The Hall–Kier alpha value is -2.48. The zero-order chi connectivity index (χ0) is 31.8. The molecule has 1 amide bonds. The van der Waals surface area contributed by atoms with Crippen molar-refractivity contribution in [2.45, 2.75) is 73.6 Å². The standard InChI is InChI=1S/C30H38Cl2N8O2S2/c1-29(2,3)44(42)39-23-19-15-17(6-8-21(41)35-4)5-7-18(19)16-30(23)10-13-40(14-11-30)27-24(32)37-28(26(34)38-27)43-20-9-12-36-25(33)22(20)31/h5,7,9,12,15,23,39H,6,8,10-11,13-14,16H2,1-4H3,(H2,33,36)(H2,34,38)(H,35,41)/t23-,44?/m1/s1. The second-order valence-corrected chi connectivity index (χ2v) is 16.1. The number of aromatic nitrogens is 3. The summed E-state index contributed by atoms with van der Waals surface area (Å²) in [5.41, 5.74) is 15.6. The summed E-state index contributed by atoms with van der Waals surface area (Å²) in [6.07, 6.45) is 5.17. The molecule has 2 aromatic heterocycles. The Morgan fingerprint density at radius 1 is 1.18 bits per heavy atom. The Morgan fingerprint density at radius 2 is 1.91 bits per heavy atom. The number of amides is 1. The SMILES string of the molecule is CNC(=O)CCc1ccc2c(c1)[C@@H](N[S+]([O-])C(C)(C)C)C1(CCN(c3nc(N)c(Sc4ccnc(N)c4Cl)nc3Cl)CC1)C2. The lowest BCUT2D eigenvalue weighted by Crippen LogP contribution is -2.50. The van der Waals surface area contributed by atoms with Gasteiger partial charge in [0.15, 0.2) is 16.8 Å². The number of nitrogens with zero attached hydrogens (tertiary/aromatic N) is 4. The average molecular weight is 678 g/mol.